The van der Waals surface area contributed by atoms with Crippen LogP contribution in [0.3, 0.4) is 0 Å². The third kappa shape index (κ3) is 2.58. The zero-order chi connectivity index (χ0) is 15.7. The number of carbonyl (C=O) groups is 2. The molecule has 2 N–H and O–H groups in total. The van der Waals surface area contributed by atoms with Crippen molar-refractivity contribution >= 4 is 39.9 Å². The molecular weight excluding hydrogens is 302 g/mol. The third-order valence-electron chi connectivity index (χ3n) is 3.19. The molecule has 22 heavy (non-hydrogen) atoms. The molecule has 110 valence electrons. The van der Waals surface area contributed by atoms with Crippen LogP contribution < -0.4 is 5.32 Å². The summed E-state index contributed by atoms with van der Waals surface area (Å²) in [7, 11) is 0. The van der Waals surface area contributed by atoms with Gasteiger partial charge in [0, 0.05) is 29.0 Å². The molecule has 5 nitrogen and oxygen atoms in total. The first-order chi connectivity index (χ1) is 10.6. The molecule has 2 aromatic heterocycles. The summed E-state index contributed by atoms with van der Waals surface area (Å²) in [4.78, 5) is 31.2. The Morgan fingerprint density at radius 3 is 2.73 bits per heavy atom. The summed E-state index contributed by atoms with van der Waals surface area (Å²) in [5.41, 5.74) is 1.70. The fourth-order valence-corrected chi connectivity index (χ4v) is 2.44. The molecule has 0 unspecified atom stereocenters. The summed E-state index contributed by atoms with van der Waals surface area (Å²) in [5, 5.41) is 3.97. The predicted molar refractivity (Wildman–Crippen MR) is 85.3 cm³/mol. The van der Waals surface area contributed by atoms with Gasteiger partial charge in [-0.3, -0.25) is 14.6 Å². The fourth-order valence-electron chi connectivity index (χ4n) is 2.27. The molecule has 0 radical (unpaired) electrons. The van der Waals surface area contributed by atoms with E-state index in [0.717, 1.165) is 5.39 Å². The average molecular weight is 314 g/mol. The number of rotatable bonds is 3. The van der Waals surface area contributed by atoms with E-state index in [0.29, 0.717) is 21.9 Å². The average Bonchev–Trinajstić information content (AvgIpc) is 2.84. The van der Waals surface area contributed by atoms with Gasteiger partial charge in [0.25, 0.3) is 0 Å². The van der Waals surface area contributed by atoms with Crippen LogP contribution in [0.5, 0.6) is 0 Å². The van der Waals surface area contributed by atoms with Gasteiger partial charge in [-0.15, -0.1) is 0 Å². The number of benzene rings is 1. The number of hydrogen-bond donors (Lipinski definition) is 2. The van der Waals surface area contributed by atoms with E-state index in [9.17, 15) is 9.59 Å². The van der Waals surface area contributed by atoms with E-state index in [2.05, 4.69) is 15.3 Å². The number of nitrogens with zero attached hydrogens (tertiary/aromatic N) is 1. The molecule has 3 aromatic rings. The summed E-state index contributed by atoms with van der Waals surface area (Å²) >= 11 is 5.98. The SMILES string of the molecule is CC(=O)Nc1c(C(=O)c2ccccn2)[nH]c2cc(Cl)ccc12. The molecule has 0 spiro atoms. The van der Waals surface area contributed by atoms with Gasteiger partial charge in [0.05, 0.1) is 5.69 Å². The van der Waals surface area contributed by atoms with Crippen molar-refractivity contribution in [2.45, 2.75) is 6.92 Å². The number of aromatic nitrogens is 2. The normalized spacial score (nSPS) is 10.6. The van der Waals surface area contributed by atoms with Crippen LogP contribution in [0.4, 0.5) is 5.69 Å². The number of hydrogen-bond acceptors (Lipinski definition) is 3. The first-order valence-corrected chi connectivity index (χ1v) is 6.98. The number of carbonyl (C=O) groups excluding carboxylic acids is 2. The summed E-state index contributed by atoms with van der Waals surface area (Å²) < 4.78 is 0. The van der Waals surface area contributed by atoms with Crippen LogP contribution in [0.2, 0.25) is 5.02 Å². The molecule has 0 aliphatic rings. The summed E-state index contributed by atoms with van der Waals surface area (Å²) in [5.74, 6) is -0.553. The van der Waals surface area contributed by atoms with E-state index in [-0.39, 0.29) is 17.4 Å². The first kappa shape index (κ1) is 14.3. The number of H-pyrrole nitrogens is 1. The van der Waals surface area contributed by atoms with Crippen molar-refractivity contribution in [3.05, 3.63) is 59.0 Å². The Labute approximate surface area is 131 Å². The van der Waals surface area contributed by atoms with Gasteiger partial charge >= 0.3 is 0 Å². The van der Waals surface area contributed by atoms with E-state index < -0.39 is 0 Å². The highest BCUT2D eigenvalue weighted by Gasteiger charge is 2.20. The monoisotopic (exact) mass is 313 g/mol. The fraction of sp³-hybridized carbons (Fsp3) is 0.0625. The highest BCUT2D eigenvalue weighted by Crippen LogP contribution is 2.31. The smallest absolute Gasteiger partial charge is 0.229 e. The molecule has 0 bridgehead atoms. The first-order valence-electron chi connectivity index (χ1n) is 6.61. The quantitative estimate of drug-likeness (QED) is 0.728. The molecule has 0 aliphatic carbocycles. The Hall–Kier alpha value is -2.66. The van der Waals surface area contributed by atoms with Crippen LogP contribution in [0.15, 0.2) is 42.6 Å². The van der Waals surface area contributed by atoms with Crippen LogP contribution in [-0.2, 0) is 4.79 Å². The van der Waals surface area contributed by atoms with Crippen molar-refractivity contribution in [2.24, 2.45) is 0 Å². The lowest BCUT2D eigenvalue weighted by atomic mass is 10.1. The predicted octanol–water partition coefficient (Wildman–Crippen LogP) is 3.41. The van der Waals surface area contributed by atoms with Gasteiger partial charge in [0.15, 0.2) is 0 Å². The molecule has 0 saturated heterocycles. The van der Waals surface area contributed by atoms with E-state index in [1.807, 2.05) is 0 Å². The molecule has 6 heteroatoms. The number of anilines is 1. The van der Waals surface area contributed by atoms with E-state index >= 15 is 0 Å². The zero-order valence-corrected chi connectivity index (χ0v) is 12.4. The number of amides is 1. The van der Waals surface area contributed by atoms with Crippen molar-refractivity contribution in [3.8, 4) is 0 Å². The lowest BCUT2D eigenvalue weighted by Gasteiger charge is -2.04. The van der Waals surface area contributed by atoms with Gasteiger partial charge in [0.1, 0.15) is 11.4 Å². The second-order valence-corrected chi connectivity index (χ2v) is 5.23. The molecule has 0 fully saturated rings. The minimum atomic E-state index is -0.295. The maximum Gasteiger partial charge on any atom is 0.229 e. The van der Waals surface area contributed by atoms with E-state index in [1.54, 1.807) is 42.6 Å². The van der Waals surface area contributed by atoms with Crippen molar-refractivity contribution in [1.82, 2.24) is 9.97 Å². The van der Waals surface area contributed by atoms with Crippen LogP contribution in [0.25, 0.3) is 10.9 Å². The maximum atomic E-state index is 12.6. The Morgan fingerprint density at radius 2 is 2.05 bits per heavy atom. The van der Waals surface area contributed by atoms with Crippen LogP contribution in [-0.4, -0.2) is 21.7 Å². The van der Waals surface area contributed by atoms with Crippen molar-refractivity contribution < 1.29 is 9.59 Å². The molecular formula is C16H12ClN3O2. The highest BCUT2D eigenvalue weighted by atomic mass is 35.5. The maximum absolute atomic E-state index is 12.6. The van der Waals surface area contributed by atoms with Gasteiger partial charge in [-0.2, -0.15) is 0 Å². The molecule has 1 amide bonds. The second kappa shape index (κ2) is 5.61. The van der Waals surface area contributed by atoms with Gasteiger partial charge in [-0.05, 0) is 30.3 Å². The minimum absolute atomic E-state index is 0.258. The van der Waals surface area contributed by atoms with E-state index in [4.69, 9.17) is 11.6 Å². The topological polar surface area (TPSA) is 74.8 Å². The largest absolute Gasteiger partial charge is 0.350 e. The lowest BCUT2D eigenvalue weighted by Crippen LogP contribution is -2.11. The molecule has 1 aromatic carbocycles. The van der Waals surface area contributed by atoms with Crippen molar-refractivity contribution in [2.75, 3.05) is 5.32 Å². The highest BCUT2D eigenvalue weighted by molar-refractivity contribution is 6.31. The number of halogens is 1. The Kier molecular flexibility index (Phi) is 3.65. The second-order valence-electron chi connectivity index (χ2n) is 4.79. The van der Waals surface area contributed by atoms with Gasteiger partial charge in [-0.1, -0.05) is 17.7 Å². The summed E-state index contributed by atoms with van der Waals surface area (Å²) in [6.07, 6.45) is 1.55. The molecule has 3 rings (SSSR count). The Balaban J connectivity index is 2.19. The summed E-state index contributed by atoms with van der Waals surface area (Å²) in [6.45, 7) is 1.39. The lowest BCUT2D eigenvalue weighted by molar-refractivity contribution is -0.114. The standard InChI is InChI=1S/C16H12ClN3O2/c1-9(21)19-14-11-6-5-10(17)8-13(11)20-15(14)16(22)12-4-2-3-7-18-12/h2-8,20H,1H3,(H,19,21). The van der Waals surface area contributed by atoms with Crippen molar-refractivity contribution in [3.63, 3.8) is 0 Å². The molecule has 0 saturated carbocycles. The van der Waals surface area contributed by atoms with Gasteiger partial charge in [-0.25, -0.2) is 0 Å². The number of fused-ring (bicyclic) bond motifs is 1. The molecule has 0 aliphatic heterocycles. The number of nitrogens with one attached hydrogen (secondary N) is 2. The van der Waals surface area contributed by atoms with E-state index in [1.165, 1.54) is 6.92 Å². The van der Waals surface area contributed by atoms with Gasteiger partial charge in [0.2, 0.25) is 11.7 Å². The zero-order valence-electron chi connectivity index (χ0n) is 11.7. The number of aromatic amines is 1. The Bertz CT molecular complexity index is 872. The number of ketones is 1. The van der Waals surface area contributed by atoms with Gasteiger partial charge < -0.3 is 10.3 Å². The Morgan fingerprint density at radius 1 is 1.23 bits per heavy atom. The molecule has 2 heterocycles. The number of pyridine rings is 1. The third-order valence-corrected chi connectivity index (χ3v) is 3.42. The van der Waals surface area contributed by atoms with Crippen molar-refractivity contribution in [1.29, 1.82) is 0 Å². The summed E-state index contributed by atoms with van der Waals surface area (Å²) in [6, 6.07) is 10.3. The van der Waals surface area contributed by atoms with Crippen LogP contribution in [0.1, 0.15) is 23.1 Å². The minimum Gasteiger partial charge on any atom is -0.350 e. The van der Waals surface area contributed by atoms with Crippen LogP contribution in [0, 0.1) is 0 Å². The van der Waals surface area contributed by atoms with Crippen LogP contribution >= 0.6 is 11.6 Å². The molecule has 0 atom stereocenters.